The van der Waals surface area contributed by atoms with Gasteiger partial charge >= 0.3 is 10.2 Å². The highest BCUT2D eigenvalue weighted by Gasteiger charge is 2.48. The number of ether oxygens (including phenoxy) is 1. The van der Waals surface area contributed by atoms with Crippen molar-refractivity contribution in [2.75, 3.05) is 45.2 Å². The topological polar surface area (TPSA) is 140 Å². The second-order valence-electron chi connectivity index (χ2n) is 14.7. The van der Waals surface area contributed by atoms with Crippen LogP contribution in [0.5, 0.6) is 5.75 Å². The highest BCUT2D eigenvalue weighted by atomic mass is 35.5. The summed E-state index contributed by atoms with van der Waals surface area (Å²) >= 11 is 6.42. The number of nitrogens with one attached hydrogen (secondary N) is 1. The number of halogens is 1. The van der Waals surface area contributed by atoms with Crippen molar-refractivity contribution in [1.82, 2.24) is 13.9 Å². The second-order valence-corrected chi connectivity index (χ2v) is 17.0. The molecule has 11 nitrogen and oxygen atoms in total. The Morgan fingerprint density at radius 1 is 1.14 bits per heavy atom. The van der Waals surface area contributed by atoms with E-state index in [9.17, 15) is 28.2 Å². The quantitative estimate of drug-likeness (QED) is 0.413. The van der Waals surface area contributed by atoms with Crippen LogP contribution in [-0.2, 0) is 37.2 Å². The fourth-order valence-electron chi connectivity index (χ4n) is 8.38. The molecule has 2 amide bonds. The predicted octanol–water partition coefficient (Wildman–Crippen LogP) is 3.26. The molecule has 264 valence electrons. The molecule has 2 aliphatic carbocycles. The SMILES string of the molecule is CN(C)S(=O)(=O)NC(=O)[C@]1(O)CC(=O)N2CC[C@@H]2C/C=C/[C@H](O)[C@@H]2CC[C@H]2CN2C[C@@]3(CCCc4cc(Cl)ccc43)COc3ccc1cc32. The zero-order chi connectivity index (χ0) is 34.7. The molecule has 2 bridgehead atoms. The van der Waals surface area contributed by atoms with Crippen LogP contribution in [0.25, 0.3) is 0 Å². The lowest BCUT2D eigenvalue weighted by molar-refractivity contribution is -0.153. The number of fused-ring (bicyclic) bond motifs is 5. The molecule has 0 unspecified atom stereocenters. The molecule has 1 spiro atoms. The highest BCUT2D eigenvalue weighted by molar-refractivity contribution is 7.87. The maximum Gasteiger partial charge on any atom is 0.303 e. The third-order valence-electron chi connectivity index (χ3n) is 11.6. The van der Waals surface area contributed by atoms with Crippen LogP contribution in [0.3, 0.4) is 0 Å². The fourth-order valence-corrected chi connectivity index (χ4v) is 9.16. The average Bonchev–Trinajstić information content (AvgIpc) is 3.16. The molecule has 5 aliphatic rings. The first-order valence-corrected chi connectivity index (χ1v) is 19.0. The normalized spacial score (nSPS) is 32.1. The predicted molar refractivity (Wildman–Crippen MR) is 186 cm³/mol. The van der Waals surface area contributed by atoms with Crippen molar-refractivity contribution < 1.29 is 33.0 Å². The van der Waals surface area contributed by atoms with Gasteiger partial charge in [-0.1, -0.05) is 35.9 Å². The van der Waals surface area contributed by atoms with Crippen LogP contribution in [0.2, 0.25) is 5.02 Å². The van der Waals surface area contributed by atoms with Gasteiger partial charge in [0.05, 0.1) is 24.8 Å². The van der Waals surface area contributed by atoms with Gasteiger partial charge in [-0.3, -0.25) is 9.59 Å². The Hall–Kier alpha value is -3.16. The summed E-state index contributed by atoms with van der Waals surface area (Å²) in [6.45, 7) is 2.06. The summed E-state index contributed by atoms with van der Waals surface area (Å²) in [4.78, 5) is 31.5. The van der Waals surface area contributed by atoms with Gasteiger partial charge in [-0.2, -0.15) is 12.7 Å². The number of aryl methyl sites for hydroxylation is 1. The molecular weight excluding hydrogens is 668 g/mol. The number of nitrogens with zero attached hydrogens (tertiary/aromatic N) is 3. The Labute approximate surface area is 293 Å². The van der Waals surface area contributed by atoms with Gasteiger partial charge in [-0.15, -0.1) is 0 Å². The van der Waals surface area contributed by atoms with Gasteiger partial charge in [-0.25, -0.2) is 4.72 Å². The Morgan fingerprint density at radius 2 is 1.96 bits per heavy atom. The van der Waals surface area contributed by atoms with Crippen LogP contribution in [0, 0.1) is 11.8 Å². The number of hydrogen-bond donors (Lipinski definition) is 3. The lowest BCUT2D eigenvalue weighted by Crippen LogP contribution is -2.56. The van der Waals surface area contributed by atoms with Crippen LogP contribution >= 0.6 is 11.6 Å². The largest absolute Gasteiger partial charge is 0.490 e. The van der Waals surface area contributed by atoms with Gasteiger partial charge in [0.2, 0.25) is 5.91 Å². The van der Waals surface area contributed by atoms with Gasteiger partial charge in [-0.05, 0) is 97.7 Å². The number of aliphatic hydroxyl groups excluding tert-OH is 1. The minimum atomic E-state index is -4.28. The Bertz CT molecular complexity index is 1790. The van der Waals surface area contributed by atoms with Crippen molar-refractivity contribution in [2.45, 2.75) is 74.5 Å². The molecule has 3 heterocycles. The third kappa shape index (κ3) is 6.24. The Balaban J connectivity index is 1.34. The molecule has 1 saturated heterocycles. The average molecular weight is 713 g/mol. The molecule has 13 heteroatoms. The lowest BCUT2D eigenvalue weighted by Gasteiger charge is -2.45. The van der Waals surface area contributed by atoms with E-state index in [0.717, 1.165) is 42.8 Å². The van der Waals surface area contributed by atoms with Gasteiger partial charge in [0.25, 0.3) is 5.91 Å². The number of aliphatic hydroxyl groups is 2. The Kier molecular flexibility index (Phi) is 9.01. The van der Waals surface area contributed by atoms with Crippen LogP contribution in [0.15, 0.2) is 48.6 Å². The van der Waals surface area contributed by atoms with Gasteiger partial charge in [0.1, 0.15) is 5.75 Å². The number of amides is 2. The zero-order valence-corrected chi connectivity index (χ0v) is 29.5. The maximum atomic E-state index is 13.9. The summed E-state index contributed by atoms with van der Waals surface area (Å²) in [6.07, 6.45) is 8.42. The maximum absolute atomic E-state index is 13.9. The van der Waals surface area contributed by atoms with E-state index in [0.29, 0.717) is 49.1 Å². The number of hydrogen-bond acceptors (Lipinski definition) is 8. The van der Waals surface area contributed by atoms with E-state index >= 15 is 0 Å². The Morgan fingerprint density at radius 3 is 2.67 bits per heavy atom. The first-order valence-electron chi connectivity index (χ1n) is 17.2. The molecular formula is C36H45ClN4O7S. The standard InChI is InChI=1S/C36H45ClN4O7S/c1-39(2)49(46,47)38-34(44)36(45)19-33(43)41-16-14-27(41)6-3-7-31(42)28-11-8-24(28)20-40-21-35(22-48-32-13-9-25(36)18-30(32)40)15-4-5-23-17-26(37)10-12-29(23)35/h3,7,9-10,12-13,17-18,24,27-28,31,42,45H,4-6,8,11,14-16,19-22H2,1-2H3,(H,38,44)/b7-3+/t24-,27-,28+,31-,35-,36-/m0/s1. The van der Waals surface area contributed by atoms with Crippen molar-refractivity contribution in [3.8, 4) is 5.75 Å². The lowest BCUT2D eigenvalue weighted by atomic mass is 9.68. The van der Waals surface area contributed by atoms with E-state index in [4.69, 9.17) is 16.3 Å². The number of carbonyl (C=O) groups excluding carboxylic acids is 2. The molecule has 3 aliphatic heterocycles. The van der Waals surface area contributed by atoms with Gasteiger partial charge < -0.3 is 24.7 Å². The first kappa shape index (κ1) is 34.3. The summed E-state index contributed by atoms with van der Waals surface area (Å²) in [7, 11) is -1.73. The molecule has 2 aromatic rings. The fraction of sp³-hybridized carbons (Fsp3) is 0.556. The van der Waals surface area contributed by atoms with E-state index in [1.54, 1.807) is 23.1 Å². The second kappa shape index (κ2) is 12.9. The summed E-state index contributed by atoms with van der Waals surface area (Å²) in [6, 6.07) is 10.8. The van der Waals surface area contributed by atoms with E-state index in [-0.39, 0.29) is 28.9 Å². The van der Waals surface area contributed by atoms with Crippen LogP contribution < -0.4 is 14.4 Å². The molecule has 2 fully saturated rings. The third-order valence-corrected chi connectivity index (χ3v) is 13.2. The number of anilines is 1. The van der Waals surface area contributed by atoms with E-state index in [1.165, 1.54) is 25.2 Å². The molecule has 0 radical (unpaired) electrons. The summed E-state index contributed by atoms with van der Waals surface area (Å²) < 4.78 is 35.1. The molecule has 7 rings (SSSR count). The minimum absolute atomic E-state index is 0.0615. The minimum Gasteiger partial charge on any atom is -0.490 e. The zero-order valence-electron chi connectivity index (χ0n) is 28.0. The summed E-state index contributed by atoms with van der Waals surface area (Å²) in [5.74, 6) is -0.855. The van der Waals surface area contributed by atoms with Crippen LogP contribution in [0.1, 0.15) is 61.6 Å². The molecule has 6 atom stereocenters. The van der Waals surface area contributed by atoms with Crippen molar-refractivity contribution in [1.29, 1.82) is 0 Å². The smallest absolute Gasteiger partial charge is 0.303 e. The molecule has 0 aromatic heterocycles. The molecule has 3 N–H and O–H groups in total. The van der Waals surface area contributed by atoms with Crippen LogP contribution in [-0.4, -0.2) is 92.1 Å². The van der Waals surface area contributed by atoms with Gasteiger partial charge in [0, 0.05) is 50.2 Å². The van der Waals surface area contributed by atoms with Crippen molar-refractivity contribution >= 4 is 39.3 Å². The van der Waals surface area contributed by atoms with Crippen LogP contribution in [0.4, 0.5) is 5.69 Å². The van der Waals surface area contributed by atoms with Crippen molar-refractivity contribution in [3.05, 3.63) is 70.3 Å². The van der Waals surface area contributed by atoms with Crippen molar-refractivity contribution in [3.63, 3.8) is 0 Å². The highest BCUT2D eigenvalue weighted by Crippen LogP contribution is 2.47. The first-order chi connectivity index (χ1) is 23.3. The van der Waals surface area contributed by atoms with Gasteiger partial charge in [0.15, 0.2) is 5.60 Å². The summed E-state index contributed by atoms with van der Waals surface area (Å²) in [5, 5.41) is 24.2. The van der Waals surface area contributed by atoms with Crippen molar-refractivity contribution in [2.24, 2.45) is 11.8 Å². The number of rotatable bonds is 3. The van der Waals surface area contributed by atoms with E-state index < -0.39 is 40.1 Å². The molecule has 49 heavy (non-hydrogen) atoms. The summed E-state index contributed by atoms with van der Waals surface area (Å²) in [5.41, 5.74) is 0.264. The monoisotopic (exact) mass is 712 g/mol. The molecule has 2 aromatic carbocycles. The number of carbonyl (C=O) groups is 2. The van der Waals surface area contributed by atoms with E-state index in [2.05, 4.69) is 11.0 Å². The number of benzene rings is 2. The van der Waals surface area contributed by atoms with E-state index in [1.807, 2.05) is 29.0 Å². The molecule has 1 saturated carbocycles.